The normalized spacial score (nSPS) is 39.8. The Hall–Kier alpha value is -0.570. The summed E-state index contributed by atoms with van der Waals surface area (Å²) in [6.07, 6.45) is 8.42. The molecule has 0 aromatic carbocycles. The van der Waals surface area contributed by atoms with Gasteiger partial charge in [0, 0.05) is 12.1 Å². The van der Waals surface area contributed by atoms with Crippen molar-refractivity contribution in [2.75, 3.05) is 0 Å². The lowest BCUT2D eigenvalue weighted by atomic mass is 9.83. The summed E-state index contributed by atoms with van der Waals surface area (Å²) >= 11 is 0. The van der Waals surface area contributed by atoms with Gasteiger partial charge >= 0.3 is 0 Å². The third-order valence-electron chi connectivity index (χ3n) is 4.42. The van der Waals surface area contributed by atoms with Crippen molar-refractivity contribution in [2.45, 2.75) is 64.0 Å². The van der Waals surface area contributed by atoms with Crippen LogP contribution in [0.15, 0.2) is 0 Å². The van der Waals surface area contributed by atoms with Crippen LogP contribution in [0.3, 0.4) is 0 Å². The topological polar surface area (TPSA) is 55.1 Å². The molecule has 0 heterocycles. The molecule has 0 radical (unpaired) electrons. The maximum Gasteiger partial charge on any atom is 0.222 e. The molecule has 4 unspecified atom stereocenters. The standard InChI is InChI=1S/C13H24N2O/c1-9-5-4-8-11(9)15-12-7-3-2-6-10(12)13(14)16/h9-12,15H,2-8H2,1H3,(H2,14,16). The molecule has 92 valence electrons. The molecule has 2 fully saturated rings. The van der Waals surface area contributed by atoms with Gasteiger partial charge in [0.1, 0.15) is 0 Å². The number of carbonyl (C=O) groups is 1. The van der Waals surface area contributed by atoms with Crippen molar-refractivity contribution in [3.63, 3.8) is 0 Å². The number of rotatable bonds is 3. The predicted octanol–water partition coefficient (Wildman–Crippen LogP) is 1.81. The van der Waals surface area contributed by atoms with E-state index in [1.807, 2.05) is 0 Å². The molecule has 3 N–H and O–H groups in total. The fourth-order valence-electron chi connectivity index (χ4n) is 3.34. The van der Waals surface area contributed by atoms with Gasteiger partial charge in [0.15, 0.2) is 0 Å². The Labute approximate surface area is 98.2 Å². The van der Waals surface area contributed by atoms with Gasteiger partial charge in [0.05, 0.1) is 5.92 Å². The largest absolute Gasteiger partial charge is 0.369 e. The summed E-state index contributed by atoms with van der Waals surface area (Å²) in [6.45, 7) is 2.31. The molecule has 0 aromatic heterocycles. The Bertz CT molecular complexity index is 254. The van der Waals surface area contributed by atoms with Crippen LogP contribution in [0.2, 0.25) is 0 Å². The number of carbonyl (C=O) groups excluding carboxylic acids is 1. The maximum atomic E-state index is 11.4. The molecule has 0 aliphatic heterocycles. The lowest BCUT2D eigenvalue weighted by molar-refractivity contribution is -0.123. The van der Waals surface area contributed by atoms with Gasteiger partial charge in [-0.15, -0.1) is 0 Å². The minimum Gasteiger partial charge on any atom is -0.369 e. The van der Waals surface area contributed by atoms with Gasteiger partial charge in [-0.3, -0.25) is 4.79 Å². The lowest BCUT2D eigenvalue weighted by Gasteiger charge is -2.33. The highest BCUT2D eigenvalue weighted by atomic mass is 16.1. The maximum absolute atomic E-state index is 11.4. The number of nitrogens with one attached hydrogen (secondary N) is 1. The molecular weight excluding hydrogens is 200 g/mol. The molecule has 3 heteroatoms. The van der Waals surface area contributed by atoms with E-state index in [-0.39, 0.29) is 11.8 Å². The molecule has 16 heavy (non-hydrogen) atoms. The second-order valence-corrected chi connectivity index (χ2v) is 5.58. The molecule has 0 spiro atoms. The van der Waals surface area contributed by atoms with Gasteiger partial charge < -0.3 is 11.1 Å². The van der Waals surface area contributed by atoms with Gasteiger partial charge in [-0.05, 0) is 31.6 Å². The minimum absolute atomic E-state index is 0.0709. The zero-order valence-corrected chi connectivity index (χ0v) is 10.2. The zero-order chi connectivity index (χ0) is 11.5. The first-order valence-electron chi connectivity index (χ1n) is 6.74. The Balaban J connectivity index is 1.93. The highest BCUT2D eigenvalue weighted by Crippen LogP contribution is 2.29. The molecular formula is C13H24N2O. The third-order valence-corrected chi connectivity index (χ3v) is 4.42. The minimum atomic E-state index is -0.108. The summed E-state index contributed by atoms with van der Waals surface area (Å²) in [4.78, 5) is 11.4. The van der Waals surface area contributed by atoms with E-state index in [1.165, 1.54) is 25.7 Å². The molecule has 2 rings (SSSR count). The summed E-state index contributed by atoms with van der Waals surface area (Å²) in [5.41, 5.74) is 5.49. The molecule has 1 amide bonds. The van der Waals surface area contributed by atoms with Crippen LogP contribution < -0.4 is 11.1 Å². The second-order valence-electron chi connectivity index (χ2n) is 5.58. The van der Waals surface area contributed by atoms with Gasteiger partial charge in [-0.2, -0.15) is 0 Å². The molecule has 0 aromatic rings. The first-order chi connectivity index (χ1) is 7.68. The van der Waals surface area contributed by atoms with Crippen LogP contribution in [0, 0.1) is 11.8 Å². The van der Waals surface area contributed by atoms with Crippen molar-refractivity contribution in [3.05, 3.63) is 0 Å². The van der Waals surface area contributed by atoms with Crippen molar-refractivity contribution < 1.29 is 4.79 Å². The van der Waals surface area contributed by atoms with Crippen molar-refractivity contribution in [1.82, 2.24) is 5.32 Å². The fraction of sp³-hybridized carbons (Fsp3) is 0.923. The average Bonchev–Trinajstić information content (AvgIpc) is 2.65. The van der Waals surface area contributed by atoms with Crippen molar-refractivity contribution in [2.24, 2.45) is 17.6 Å². The van der Waals surface area contributed by atoms with Crippen LogP contribution in [0.1, 0.15) is 51.9 Å². The van der Waals surface area contributed by atoms with Gasteiger partial charge in [0.25, 0.3) is 0 Å². The van der Waals surface area contributed by atoms with Gasteiger partial charge in [-0.25, -0.2) is 0 Å². The van der Waals surface area contributed by atoms with Crippen molar-refractivity contribution in [3.8, 4) is 0 Å². The lowest BCUT2D eigenvalue weighted by Crippen LogP contribution is -2.49. The fourth-order valence-corrected chi connectivity index (χ4v) is 3.34. The number of hydrogen-bond acceptors (Lipinski definition) is 2. The Morgan fingerprint density at radius 3 is 2.38 bits per heavy atom. The predicted molar refractivity (Wildman–Crippen MR) is 64.9 cm³/mol. The average molecular weight is 224 g/mol. The van der Waals surface area contributed by atoms with Crippen LogP contribution in [0.4, 0.5) is 0 Å². The van der Waals surface area contributed by atoms with E-state index in [0.717, 1.165) is 25.2 Å². The summed E-state index contributed by atoms with van der Waals surface area (Å²) in [7, 11) is 0. The van der Waals surface area contributed by atoms with Crippen molar-refractivity contribution in [1.29, 1.82) is 0 Å². The smallest absolute Gasteiger partial charge is 0.222 e. The summed E-state index contributed by atoms with van der Waals surface area (Å²) < 4.78 is 0. The van der Waals surface area contributed by atoms with Crippen LogP contribution in [-0.2, 0) is 4.79 Å². The van der Waals surface area contributed by atoms with Crippen LogP contribution in [0.25, 0.3) is 0 Å². The summed E-state index contributed by atoms with van der Waals surface area (Å²) in [5, 5.41) is 3.70. The molecule has 3 nitrogen and oxygen atoms in total. The zero-order valence-electron chi connectivity index (χ0n) is 10.2. The van der Waals surface area contributed by atoms with Crippen LogP contribution in [0.5, 0.6) is 0 Å². The number of amides is 1. The molecule has 0 saturated heterocycles. The highest BCUT2D eigenvalue weighted by molar-refractivity contribution is 5.77. The molecule has 0 bridgehead atoms. The number of nitrogens with two attached hydrogens (primary N) is 1. The van der Waals surface area contributed by atoms with Gasteiger partial charge in [0.2, 0.25) is 5.91 Å². The van der Waals surface area contributed by atoms with E-state index in [9.17, 15) is 4.79 Å². The first-order valence-corrected chi connectivity index (χ1v) is 6.74. The number of primary amides is 1. The van der Waals surface area contributed by atoms with Crippen molar-refractivity contribution >= 4 is 5.91 Å². The van der Waals surface area contributed by atoms with E-state index in [1.54, 1.807) is 0 Å². The van der Waals surface area contributed by atoms with E-state index in [0.29, 0.717) is 12.1 Å². The van der Waals surface area contributed by atoms with E-state index >= 15 is 0 Å². The Kier molecular flexibility index (Phi) is 3.85. The molecule has 4 atom stereocenters. The second kappa shape index (κ2) is 5.17. The summed E-state index contributed by atoms with van der Waals surface area (Å²) in [6, 6.07) is 0.960. The van der Waals surface area contributed by atoms with E-state index in [4.69, 9.17) is 5.73 Å². The Morgan fingerprint density at radius 1 is 1.06 bits per heavy atom. The van der Waals surface area contributed by atoms with Gasteiger partial charge in [-0.1, -0.05) is 26.2 Å². The number of hydrogen-bond donors (Lipinski definition) is 2. The van der Waals surface area contributed by atoms with E-state index < -0.39 is 0 Å². The first kappa shape index (κ1) is 11.9. The van der Waals surface area contributed by atoms with E-state index in [2.05, 4.69) is 12.2 Å². The third kappa shape index (κ3) is 2.57. The van der Waals surface area contributed by atoms with Crippen LogP contribution in [-0.4, -0.2) is 18.0 Å². The monoisotopic (exact) mass is 224 g/mol. The quantitative estimate of drug-likeness (QED) is 0.768. The molecule has 2 saturated carbocycles. The molecule has 2 aliphatic carbocycles. The van der Waals surface area contributed by atoms with Crippen LogP contribution >= 0.6 is 0 Å². The Morgan fingerprint density at radius 2 is 1.75 bits per heavy atom. The summed E-state index contributed by atoms with van der Waals surface area (Å²) in [5.74, 6) is 0.722. The molecule has 2 aliphatic rings. The highest BCUT2D eigenvalue weighted by Gasteiger charge is 2.33. The SMILES string of the molecule is CC1CCCC1NC1CCCCC1C(N)=O.